The van der Waals surface area contributed by atoms with E-state index in [1.54, 1.807) is 0 Å². The molecule has 4 nitrogen and oxygen atoms in total. The Labute approximate surface area is 62.3 Å². The van der Waals surface area contributed by atoms with Crippen molar-refractivity contribution in [3.63, 3.8) is 0 Å². The maximum Gasteiger partial charge on any atom is 0.320 e. The highest BCUT2D eigenvalue weighted by atomic mass is 16.4. The van der Waals surface area contributed by atoms with Crippen LogP contribution < -0.4 is 11.5 Å². The molecule has 0 unspecified atom stereocenters. The van der Waals surface area contributed by atoms with Crippen LogP contribution in [-0.2, 0) is 4.79 Å². The van der Waals surface area contributed by atoms with E-state index in [1.165, 1.54) is 0 Å². The lowest BCUT2D eigenvalue weighted by Gasteiger charge is -2.02. The molecule has 4 heteroatoms. The number of rotatable bonds is 4. The van der Waals surface area contributed by atoms with Gasteiger partial charge in [0.1, 0.15) is 6.04 Å². The third kappa shape index (κ3) is 3.93. The van der Waals surface area contributed by atoms with Gasteiger partial charge in [0.2, 0.25) is 0 Å². The second-order valence-corrected chi connectivity index (χ2v) is 1.23. The summed E-state index contributed by atoms with van der Waals surface area (Å²) in [6.45, 7) is -3.04. The molecule has 0 aromatic carbocycles. The standard InChI is InChI=1S/C5H12N2O2/c6-3-1-2-4(7)5(8)9/h4H,1-3,6-7H2,(H,8,9)/t4-/m0/s1/i1D2,2D2,3D2. The summed E-state index contributed by atoms with van der Waals surface area (Å²) in [7, 11) is 0. The molecule has 0 saturated heterocycles. The highest BCUT2D eigenvalue weighted by Crippen LogP contribution is 1.91. The summed E-state index contributed by atoms with van der Waals surface area (Å²) in [5.74, 6) is -1.77. The Kier molecular flexibility index (Phi) is 1.22. The van der Waals surface area contributed by atoms with Gasteiger partial charge in [0.15, 0.2) is 0 Å². The van der Waals surface area contributed by atoms with E-state index < -0.39 is 31.3 Å². The van der Waals surface area contributed by atoms with Crippen LogP contribution in [0.4, 0.5) is 0 Å². The number of hydrogen-bond donors (Lipinski definition) is 3. The molecule has 0 fully saturated rings. The van der Waals surface area contributed by atoms with Gasteiger partial charge < -0.3 is 16.6 Å². The Morgan fingerprint density at radius 3 is 2.78 bits per heavy atom. The van der Waals surface area contributed by atoms with Crippen molar-refractivity contribution in [2.75, 3.05) is 6.50 Å². The molecule has 0 aromatic heterocycles. The number of hydrogen-bond acceptors (Lipinski definition) is 3. The first kappa shape index (κ1) is 2.56. The molecule has 0 aliphatic rings. The van der Waals surface area contributed by atoms with E-state index in [9.17, 15) is 4.79 Å². The lowest BCUT2D eigenvalue weighted by atomic mass is 10.2. The first-order valence-corrected chi connectivity index (χ1v) is 2.13. The predicted octanol–water partition coefficient (Wildman–Crippen LogP) is -0.863. The van der Waals surface area contributed by atoms with Crippen molar-refractivity contribution in [3.05, 3.63) is 0 Å². The van der Waals surface area contributed by atoms with Gasteiger partial charge in [-0.3, -0.25) is 4.79 Å². The van der Waals surface area contributed by atoms with Gasteiger partial charge in [0.25, 0.3) is 0 Å². The third-order valence-corrected chi connectivity index (χ3v) is 0.566. The van der Waals surface area contributed by atoms with Crippen LogP contribution in [0.25, 0.3) is 0 Å². The van der Waals surface area contributed by atoms with Crippen LogP contribution in [0.15, 0.2) is 0 Å². The SMILES string of the molecule is [2H]C([2H])(N)C([2H])([2H])C([2H])([2H])[C@H](N)C(=O)O. The van der Waals surface area contributed by atoms with Gasteiger partial charge in [-0.15, -0.1) is 0 Å². The average molecular weight is 138 g/mol. The summed E-state index contributed by atoms with van der Waals surface area (Å²) in [5, 5.41) is 8.45. The Bertz CT molecular complexity index is 263. The van der Waals surface area contributed by atoms with Gasteiger partial charge in [-0.05, 0) is 19.2 Å². The number of carboxylic acids is 1. The molecule has 5 N–H and O–H groups in total. The number of nitrogens with two attached hydrogens (primary N) is 2. The summed E-state index contributed by atoms with van der Waals surface area (Å²) in [4.78, 5) is 10.4. The first-order valence-electron chi connectivity index (χ1n) is 5.13. The van der Waals surface area contributed by atoms with Crippen LogP contribution in [0.5, 0.6) is 0 Å². The summed E-state index contributed by atoms with van der Waals surface area (Å²) >= 11 is 0. The molecule has 0 heterocycles. The van der Waals surface area contributed by atoms with Crippen LogP contribution in [0.1, 0.15) is 21.0 Å². The Balaban J connectivity index is 5.28. The number of carbonyl (C=O) groups is 1. The van der Waals surface area contributed by atoms with E-state index in [0.717, 1.165) is 0 Å². The molecular weight excluding hydrogens is 120 g/mol. The van der Waals surface area contributed by atoms with Gasteiger partial charge in [-0.1, -0.05) is 0 Å². The van der Waals surface area contributed by atoms with Crippen molar-refractivity contribution in [2.24, 2.45) is 11.5 Å². The molecule has 54 valence electrons. The van der Waals surface area contributed by atoms with Crippen molar-refractivity contribution >= 4 is 5.97 Å². The zero-order valence-corrected chi connectivity index (χ0v) is 4.59. The van der Waals surface area contributed by atoms with Crippen LogP contribution in [0.2, 0.25) is 0 Å². The smallest absolute Gasteiger partial charge is 0.320 e. The minimum Gasteiger partial charge on any atom is -0.480 e. The van der Waals surface area contributed by atoms with E-state index in [4.69, 9.17) is 24.8 Å². The summed E-state index contributed by atoms with van der Waals surface area (Å²) in [6.07, 6.45) is -6.35. The van der Waals surface area contributed by atoms with E-state index in [2.05, 4.69) is 0 Å². The zero-order valence-electron chi connectivity index (χ0n) is 10.6. The first-order chi connectivity index (χ1) is 6.35. The molecular formula is C5H12N2O2. The van der Waals surface area contributed by atoms with E-state index in [-0.39, 0.29) is 0 Å². The Morgan fingerprint density at radius 2 is 2.44 bits per heavy atom. The monoisotopic (exact) mass is 138 g/mol. The van der Waals surface area contributed by atoms with Gasteiger partial charge in [0, 0.05) is 8.22 Å². The van der Waals surface area contributed by atoms with Crippen molar-refractivity contribution in [1.82, 2.24) is 0 Å². The van der Waals surface area contributed by atoms with Crippen molar-refractivity contribution in [2.45, 2.75) is 18.8 Å². The van der Waals surface area contributed by atoms with Crippen LogP contribution >= 0.6 is 0 Å². The molecule has 0 spiro atoms. The second-order valence-electron chi connectivity index (χ2n) is 1.23. The predicted molar refractivity (Wildman–Crippen MR) is 33.9 cm³/mol. The third-order valence-electron chi connectivity index (χ3n) is 0.566. The lowest BCUT2D eigenvalue weighted by Crippen LogP contribution is -2.30. The summed E-state index contributed by atoms with van der Waals surface area (Å²) in [5.41, 5.74) is 9.75. The molecule has 0 aliphatic heterocycles. The topological polar surface area (TPSA) is 89.3 Å². The van der Waals surface area contributed by atoms with E-state index in [1.807, 2.05) is 0 Å². The fraction of sp³-hybridized carbons (Fsp3) is 0.800. The molecule has 9 heavy (non-hydrogen) atoms. The van der Waals surface area contributed by atoms with Crippen molar-refractivity contribution in [1.29, 1.82) is 0 Å². The molecule has 1 atom stereocenters. The second kappa shape index (κ2) is 4.29. The minimum absolute atomic E-state index is 1.77. The molecule has 0 amide bonds. The minimum atomic E-state index is -3.22. The summed E-state index contributed by atoms with van der Waals surface area (Å²) in [6, 6.07) is -2.20. The maximum atomic E-state index is 10.4. The van der Waals surface area contributed by atoms with E-state index >= 15 is 0 Å². The van der Waals surface area contributed by atoms with E-state index in [0.29, 0.717) is 0 Å². The summed E-state index contributed by atoms with van der Waals surface area (Å²) < 4.78 is 42.5. The van der Waals surface area contributed by atoms with Crippen molar-refractivity contribution in [3.8, 4) is 0 Å². The fourth-order valence-corrected chi connectivity index (χ4v) is 0.181. The van der Waals surface area contributed by atoms with Crippen molar-refractivity contribution < 1.29 is 18.1 Å². The molecule has 0 saturated carbocycles. The maximum absolute atomic E-state index is 10.4. The highest BCUT2D eigenvalue weighted by molar-refractivity contribution is 5.72. The Hall–Kier alpha value is -0.610. The Morgan fingerprint density at radius 1 is 1.89 bits per heavy atom. The zero-order chi connectivity index (χ0) is 12.7. The molecule has 0 radical (unpaired) electrons. The quantitative estimate of drug-likeness (QED) is 0.471. The van der Waals surface area contributed by atoms with Crippen LogP contribution in [-0.4, -0.2) is 23.6 Å². The highest BCUT2D eigenvalue weighted by Gasteiger charge is 2.08. The van der Waals surface area contributed by atoms with Gasteiger partial charge in [-0.2, -0.15) is 0 Å². The fourth-order valence-electron chi connectivity index (χ4n) is 0.181. The number of aliphatic carboxylic acids is 1. The normalized spacial score (nSPS) is 27.8. The van der Waals surface area contributed by atoms with Crippen LogP contribution in [0, 0.1) is 0 Å². The largest absolute Gasteiger partial charge is 0.480 e. The van der Waals surface area contributed by atoms with Gasteiger partial charge >= 0.3 is 5.97 Å². The molecule has 0 bridgehead atoms. The van der Waals surface area contributed by atoms with Gasteiger partial charge in [0.05, 0.1) is 0 Å². The molecule has 0 aliphatic carbocycles. The van der Waals surface area contributed by atoms with Gasteiger partial charge in [-0.25, -0.2) is 0 Å². The lowest BCUT2D eigenvalue weighted by molar-refractivity contribution is -0.138. The molecule has 0 rings (SSSR count). The average Bonchev–Trinajstić information content (AvgIpc) is 2.00. The number of carboxylic acid groups (broad SMARTS) is 1. The molecule has 0 aromatic rings. The van der Waals surface area contributed by atoms with Crippen LogP contribution in [0.3, 0.4) is 0 Å².